The molecule has 0 spiro atoms. The van der Waals surface area contributed by atoms with Gasteiger partial charge >= 0.3 is 0 Å². The predicted molar refractivity (Wildman–Crippen MR) is 89.5 cm³/mol. The van der Waals surface area contributed by atoms with Gasteiger partial charge in [-0.15, -0.1) is 0 Å². The molecule has 1 fully saturated rings. The van der Waals surface area contributed by atoms with Gasteiger partial charge in [0.05, 0.1) is 0 Å². The van der Waals surface area contributed by atoms with E-state index in [1.165, 1.54) is 37.9 Å². The smallest absolute Gasteiger partial charge is 0.112 e. The lowest BCUT2D eigenvalue weighted by Crippen LogP contribution is -2.36. The molecule has 1 N–H and O–H groups in total. The summed E-state index contributed by atoms with van der Waals surface area (Å²) >= 11 is 0. The monoisotopic (exact) mass is 291 g/mol. The van der Waals surface area contributed by atoms with Crippen LogP contribution in [-0.4, -0.2) is 22.1 Å². The molecule has 1 saturated carbocycles. The second-order valence-corrected chi connectivity index (χ2v) is 7.00. The van der Waals surface area contributed by atoms with E-state index in [1.807, 2.05) is 6.20 Å². The number of nitrogens with one attached hydrogen (secondary N) is 1. The summed E-state index contributed by atoms with van der Waals surface area (Å²) in [5.41, 5.74) is 0. The summed E-state index contributed by atoms with van der Waals surface area (Å²) in [7, 11) is 0. The molecule has 1 aromatic heterocycles. The van der Waals surface area contributed by atoms with Gasteiger partial charge in [0.2, 0.25) is 0 Å². The second-order valence-electron chi connectivity index (χ2n) is 7.00. The fraction of sp³-hybridized carbons (Fsp3) is 0.833. The number of hydrogen-bond acceptors (Lipinski definition) is 2. The van der Waals surface area contributed by atoms with Gasteiger partial charge in [-0.3, -0.25) is 0 Å². The first-order valence-electron chi connectivity index (χ1n) is 8.90. The zero-order valence-corrected chi connectivity index (χ0v) is 14.3. The lowest BCUT2D eigenvalue weighted by atomic mass is 9.72. The van der Waals surface area contributed by atoms with Gasteiger partial charge in [0.15, 0.2) is 0 Å². The number of aromatic nitrogens is 2. The minimum absolute atomic E-state index is 0.574. The van der Waals surface area contributed by atoms with Gasteiger partial charge in [-0.1, -0.05) is 40.5 Å². The highest BCUT2D eigenvalue weighted by molar-refractivity contribution is 5.05. The molecule has 1 aliphatic carbocycles. The summed E-state index contributed by atoms with van der Waals surface area (Å²) in [4.78, 5) is 4.74. The number of rotatable bonds is 7. The minimum atomic E-state index is 0.574. The molecule has 2 rings (SSSR count). The van der Waals surface area contributed by atoms with E-state index in [-0.39, 0.29) is 0 Å². The summed E-state index contributed by atoms with van der Waals surface area (Å²) in [6.45, 7) is 11.3. The van der Waals surface area contributed by atoms with Gasteiger partial charge in [0.1, 0.15) is 5.82 Å². The molecule has 0 bridgehead atoms. The molecular formula is C18H33N3. The van der Waals surface area contributed by atoms with E-state index in [4.69, 9.17) is 4.98 Å². The molecule has 1 heterocycles. The van der Waals surface area contributed by atoms with Gasteiger partial charge < -0.3 is 9.88 Å². The standard InChI is InChI=1S/C18H33N3/c1-5-10-21-11-9-19-18(21)17-12-15(6-2)7-8-16(17)13-20-14(3)4/h9,11,14-17,20H,5-8,10,12-13H2,1-4H3. The third-order valence-electron chi connectivity index (χ3n) is 5.01. The van der Waals surface area contributed by atoms with E-state index in [0.717, 1.165) is 24.9 Å². The molecule has 3 nitrogen and oxygen atoms in total. The van der Waals surface area contributed by atoms with E-state index in [9.17, 15) is 0 Å². The first kappa shape index (κ1) is 16.5. The Labute approximate surface area is 130 Å². The zero-order chi connectivity index (χ0) is 15.2. The van der Waals surface area contributed by atoms with Gasteiger partial charge in [0, 0.05) is 30.9 Å². The summed E-state index contributed by atoms with van der Waals surface area (Å²) < 4.78 is 2.39. The maximum atomic E-state index is 4.74. The van der Waals surface area contributed by atoms with Crippen molar-refractivity contribution >= 4 is 0 Å². The van der Waals surface area contributed by atoms with Crippen molar-refractivity contribution in [2.45, 2.75) is 78.3 Å². The highest BCUT2D eigenvalue weighted by Gasteiger charge is 2.33. The molecule has 1 aromatic rings. The van der Waals surface area contributed by atoms with Crippen molar-refractivity contribution in [2.24, 2.45) is 11.8 Å². The number of aryl methyl sites for hydroxylation is 1. The largest absolute Gasteiger partial charge is 0.335 e. The molecule has 3 atom stereocenters. The summed E-state index contributed by atoms with van der Waals surface area (Å²) in [5, 5.41) is 3.65. The second kappa shape index (κ2) is 7.98. The van der Waals surface area contributed by atoms with Crippen LogP contribution in [0.15, 0.2) is 12.4 Å². The SMILES string of the molecule is CCCn1ccnc1C1CC(CC)CCC1CNC(C)C. The highest BCUT2D eigenvalue weighted by Crippen LogP contribution is 2.41. The van der Waals surface area contributed by atoms with Crippen LogP contribution in [-0.2, 0) is 6.54 Å². The molecule has 3 unspecified atom stereocenters. The maximum Gasteiger partial charge on any atom is 0.112 e. The van der Waals surface area contributed by atoms with Gasteiger partial charge in [-0.25, -0.2) is 4.98 Å². The molecule has 21 heavy (non-hydrogen) atoms. The van der Waals surface area contributed by atoms with Crippen LogP contribution < -0.4 is 5.32 Å². The first-order valence-corrected chi connectivity index (χ1v) is 8.90. The predicted octanol–water partition coefficient (Wildman–Crippen LogP) is 4.20. The van der Waals surface area contributed by atoms with Crippen molar-refractivity contribution in [3.63, 3.8) is 0 Å². The Balaban J connectivity index is 2.13. The molecule has 1 aliphatic rings. The molecule has 0 aromatic carbocycles. The Bertz CT molecular complexity index is 410. The lowest BCUT2D eigenvalue weighted by molar-refractivity contribution is 0.212. The van der Waals surface area contributed by atoms with Crippen LogP contribution in [0.4, 0.5) is 0 Å². The Morgan fingerprint density at radius 3 is 2.81 bits per heavy atom. The molecule has 0 amide bonds. The minimum Gasteiger partial charge on any atom is -0.335 e. The lowest BCUT2D eigenvalue weighted by Gasteiger charge is -2.36. The van der Waals surface area contributed by atoms with Crippen LogP contribution in [0, 0.1) is 11.8 Å². The summed E-state index contributed by atoms with van der Waals surface area (Å²) in [5.74, 6) is 3.60. The Morgan fingerprint density at radius 2 is 2.14 bits per heavy atom. The van der Waals surface area contributed by atoms with E-state index < -0.39 is 0 Å². The van der Waals surface area contributed by atoms with E-state index in [0.29, 0.717) is 12.0 Å². The van der Waals surface area contributed by atoms with Crippen molar-refractivity contribution in [3.05, 3.63) is 18.2 Å². The Kier molecular flexibility index (Phi) is 6.28. The molecular weight excluding hydrogens is 258 g/mol. The van der Waals surface area contributed by atoms with Gasteiger partial charge in [0.25, 0.3) is 0 Å². The Morgan fingerprint density at radius 1 is 1.33 bits per heavy atom. The van der Waals surface area contributed by atoms with Crippen molar-refractivity contribution in [3.8, 4) is 0 Å². The van der Waals surface area contributed by atoms with E-state index in [2.05, 4.69) is 43.8 Å². The third-order valence-corrected chi connectivity index (χ3v) is 5.01. The van der Waals surface area contributed by atoms with Crippen LogP contribution in [0.1, 0.15) is 71.5 Å². The molecule has 0 saturated heterocycles. The average Bonchev–Trinajstić information content (AvgIpc) is 2.93. The van der Waals surface area contributed by atoms with Gasteiger partial charge in [-0.05, 0) is 37.6 Å². The van der Waals surface area contributed by atoms with Crippen LogP contribution in [0.25, 0.3) is 0 Å². The fourth-order valence-electron chi connectivity index (χ4n) is 3.72. The van der Waals surface area contributed by atoms with E-state index in [1.54, 1.807) is 0 Å². The van der Waals surface area contributed by atoms with Crippen LogP contribution >= 0.6 is 0 Å². The van der Waals surface area contributed by atoms with Crippen molar-refractivity contribution in [1.82, 2.24) is 14.9 Å². The fourth-order valence-corrected chi connectivity index (χ4v) is 3.72. The van der Waals surface area contributed by atoms with E-state index >= 15 is 0 Å². The highest BCUT2D eigenvalue weighted by atomic mass is 15.1. The van der Waals surface area contributed by atoms with Crippen molar-refractivity contribution < 1.29 is 0 Å². The maximum absolute atomic E-state index is 4.74. The normalized spacial score (nSPS) is 26.4. The topological polar surface area (TPSA) is 29.9 Å². The quantitative estimate of drug-likeness (QED) is 0.816. The van der Waals surface area contributed by atoms with Crippen LogP contribution in [0.2, 0.25) is 0 Å². The summed E-state index contributed by atoms with van der Waals surface area (Å²) in [6, 6.07) is 0.574. The molecule has 3 heteroatoms. The molecule has 0 aliphatic heterocycles. The zero-order valence-electron chi connectivity index (χ0n) is 14.3. The molecule has 120 valence electrons. The average molecular weight is 291 g/mol. The number of imidazole rings is 1. The van der Waals surface area contributed by atoms with Crippen molar-refractivity contribution in [2.75, 3.05) is 6.54 Å². The summed E-state index contributed by atoms with van der Waals surface area (Å²) in [6.07, 6.45) is 10.7. The third kappa shape index (κ3) is 4.32. The number of hydrogen-bond donors (Lipinski definition) is 1. The van der Waals surface area contributed by atoms with Crippen LogP contribution in [0.5, 0.6) is 0 Å². The first-order chi connectivity index (χ1) is 10.2. The Hall–Kier alpha value is -0.830. The van der Waals surface area contributed by atoms with Crippen molar-refractivity contribution in [1.29, 1.82) is 0 Å². The number of nitrogens with zero attached hydrogens (tertiary/aromatic N) is 2. The molecule has 0 radical (unpaired) electrons. The van der Waals surface area contributed by atoms with Crippen LogP contribution in [0.3, 0.4) is 0 Å². The van der Waals surface area contributed by atoms with Gasteiger partial charge in [-0.2, -0.15) is 0 Å².